The van der Waals surface area contributed by atoms with E-state index in [1.807, 2.05) is 0 Å². The third kappa shape index (κ3) is 4.89. The number of sulfonamides is 1. The van der Waals surface area contributed by atoms with Crippen molar-refractivity contribution in [2.75, 3.05) is 11.9 Å². The zero-order chi connectivity index (χ0) is 23.8. The van der Waals surface area contributed by atoms with Gasteiger partial charge < -0.3 is 0 Å². The standard InChI is InChI=1S/C20H16F4N4O3S2/c21-14-8-6-12(7-9-14)18-26-27-19(32-18)25-17(29)16-5-2-10-28(16)33(30,31)15-4-1-3-13(11-15)20(22,23)24/h1,3-4,6-9,11,16H,2,5,10H2,(H,25,27,29). The molecule has 1 N–H and O–H groups in total. The molecule has 1 unspecified atom stereocenters. The quantitative estimate of drug-likeness (QED) is 0.532. The van der Waals surface area contributed by atoms with Crippen LogP contribution in [0, 0.1) is 5.82 Å². The average molecular weight is 500 g/mol. The Kier molecular flexibility index (Phi) is 6.20. The Morgan fingerprint density at radius 1 is 1.12 bits per heavy atom. The molecule has 1 aliphatic rings. The number of nitrogens with zero attached hydrogens (tertiary/aromatic N) is 3. The summed E-state index contributed by atoms with van der Waals surface area (Å²) >= 11 is 1.02. The third-order valence-electron chi connectivity index (χ3n) is 5.02. The summed E-state index contributed by atoms with van der Waals surface area (Å²) in [6.07, 6.45) is -4.13. The Bertz CT molecular complexity index is 1280. The van der Waals surface area contributed by atoms with E-state index in [0.29, 0.717) is 23.1 Å². The van der Waals surface area contributed by atoms with E-state index in [1.54, 1.807) is 0 Å². The first kappa shape index (κ1) is 23.3. The highest BCUT2D eigenvalue weighted by Gasteiger charge is 2.40. The number of amides is 1. The fourth-order valence-electron chi connectivity index (χ4n) is 3.43. The van der Waals surface area contributed by atoms with Crippen molar-refractivity contribution in [1.29, 1.82) is 0 Å². The van der Waals surface area contributed by atoms with Crippen molar-refractivity contribution in [2.45, 2.75) is 30.0 Å². The number of rotatable bonds is 5. The van der Waals surface area contributed by atoms with Gasteiger partial charge in [-0.25, -0.2) is 12.8 Å². The largest absolute Gasteiger partial charge is 0.416 e. The van der Waals surface area contributed by atoms with Crippen molar-refractivity contribution in [3.05, 3.63) is 59.9 Å². The van der Waals surface area contributed by atoms with Crippen molar-refractivity contribution < 1.29 is 30.8 Å². The van der Waals surface area contributed by atoms with Gasteiger partial charge in [0, 0.05) is 12.1 Å². The molecule has 0 bridgehead atoms. The number of carbonyl (C=O) groups is 1. The number of carbonyl (C=O) groups excluding carboxylic acids is 1. The maximum atomic E-state index is 13.1. The molecule has 3 aromatic rings. The summed E-state index contributed by atoms with van der Waals surface area (Å²) in [4.78, 5) is 12.3. The number of benzene rings is 2. The fraction of sp³-hybridized carbons (Fsp3) is 0.250. The molecule has 1 amide bonds. The smallest absolute Gasteiger partial charge is 0.299 e. The molecule has 13 heteroatoms. The second-order valence-corrected chi connectivity index (χ2v) is 10.1. The van der Waals surface area contributed by atoms with E-state index in [4.69, 9.17) is 0 Å². The highest BCUT2D eigenvalue weighted by molar-refractivity contribution is 7.89. The molecule has 0 saturated carbocycles. The highest BCUT2D eigenvalue weighted by Crippen LogP contribution is 2.33. The molecule has 4 rings (SSSR count). The number of aromatic nitrogens is 2. The first-order valence-electron chi connectivity index (χ1n) is 9.65. The molecule has 0 spiro atoms. The number of anilines is 1. The fourth-order valence-corrected chi connectivity index (χ4v) is 5.88. The van der Waals surface area contributed by atoms with Crippen LogP contribution in [-0.4, -0.2) is 41.4 Å². The summed E-state index contributed by atoms with van der Waals surface area (Å²) in [5.41, 5.74) is -0.505. The summed E-state index contributed by atoms with van der Waals surface area (Å²) in [5, 5.41) is 10.9. The van der Waals surface area contributed by atoms with Crippen LogP contribution in [0.15, 0.2) is 53.4 Å². The molecule has 7 nitrogen and oxygen atoms in total. The van der Waals surface area contributed by atoms with Crippen molar-refractivity contribution in [1.82, 2.24) is 14.5 Å². The van der Waals surface area contributed by atoms with Gasteiger partial charge in [-0.1, -0.05) is 17.4 Å². The van der Waals surface area contributed by atoms with Gasteiger partial charge in [0.2, 0.25) is 21.1 Å². The minimum atomic E-state index is -4.70. The first-order valence-corrected chi connectivity index (χ1v) is 11.9. The number of alkyl halides is 3. The Labute approximate surface area is 190 Å². The van der Waals surface area contributed by atoms with E-state index in [1.165, 1.54) is 24.3 Å². The lowest BCUT2D eigenvalue weighted by Gasteiger charge is -2.23. The molecule has 2 heterocycles. The van der Waals surface area contributed by atoms with Crippen LogP contribution in [0.5, 0.6) is 0 Å². The van der Waals surface area contributed by atoms with Gasteiger partial charge >= 0.3 is 6.18 Å². The average Bonchev–Trinajstić information content (AvgIpc) is 3.44. The number of nitrogens with one attached hydrogen (secondary N) is 1. The molecule has 2 aromatic carbocycles. The molecular weight excluding hydrogens is 484 g/mol. The van der Waals surface area contributed by atoms with Gasteiger partial charge in [-0.3, -0.25) is 10.1 Å². The van der Waals surface area contributed by atoms with Crippen LogP contribution in [-0.2, 0) is 21.0 Å². The van der Waals surface area contributed by atoms with Crippen molar-refractivity contribution >= 4 is 32.4 Å². The van der Waals surface area contributed by atoms with Crippen LogP contribution in [0.1, 0.15) is 18.4 Å². The summed E-state index contributed by atoms with van der Waals surface area (Å²) < 4.78 is 79.1. The zero-order valence-corrected chi connectivity index (χ0v) is 18.3. The lowest BCUT2D eigenvalue weighted by atomic mass is 10.2. The zero-order valence-electron chi connectivity index (χ0n) is 16.7. The molecule has 0 radical (unpaired) electrons. The Morgan fingerprint density at radius 2 is 1.85 bits per heavy atom. The van der Waals surface area contributed by atoms with Crippen LogP contribution in [0.2, 0.25) is 0 Å². The first-order chi connectivity index (χ1) is 15.6. The minimum Gasteiger partial charge on any atom is -0.299 e. The van der Waals surface area contributed by atoms with E-state index in [2.05, 4.69) is 15.5 Å². The van der Waals surface area contributed by atoms with Crippen LogP contribution in [0.4, 0.5) is 22.7 Å². The number of halogens is 4. The Balaban J connectivity index is 1.52. The summed E-state index contributed by atoms with van der Waals surface area (Å²) in [7, 11) is -4.35. The maximum absolute atomic E-state index is 13.1. The molecule has 174 valence electrons. The van der Waals surface area contributed by atoms with E-state index >= 15 is 0 Å². The van der Waals surface area contributed by atoms with Crippen LogP contribution in [0.3, 0.4) is 0 Å². The lowest BCUT2D eigenvalue weighted by molar-refractivity contribution is -0.137. The summed E-state index contributed by atoms with van der Waals surface area (Å²) in [6.45, 7) is -0.00634. The van der Waals surface area contributed by atoms with Gasteiger partial charge in [0.05, 0.1) is 10.5 Å². The Hall–Kier alpha value is -2.90. The summed E-state index contributed by atoms with van der Waals surface area (Å²) in [5.74, 6) is -1.08. The number of hydrogen-bond acceptors (Lipinski definition) is 6. The minimum absolute atomic E-state index is 0.00634. The van der Waals surface area contributed by atoms with Gasteiger partial charge in [0.15, 0.2) is 0 Å². The predicted octanol–water partition coefficient (Wildman–Crippen LogP) is 4.15. The molecule has 1 aromatic heterocycles. The molecule has 1 fully saturated rings. The van der Waals surface area contributed by atoms with E-state index in [0.717, 1.165) is 33.8 Å². The highest BCUT2D eigenvalue weighted by atomic mass is 32.2. The van der Waals surface area contributed by atoms with Crippen molar-refractivity contribution in [2.24, 2.45) is 0 Å². The van der Waals surface area contributed by atoms with E-state index < -0.39 is 44.4 Å². The van der Waals surface area contributed by atoms with E-state index in [9.17, 15) is 30.8 Å². The topological polar surface area (TPSA) is 92.3 Å². The van der Waals surface area contributed by atoms with Gasteiger partial charge in [-0.2, -0.15) is 17.5 Å². The third-order valence-corrected chi connectivity index (χ3v) is 7.81. The SMILES string of the molecule is O=C(Nc1nnc(-c2ccc(F)cc2)s1)C1CCCN1S(=O)(=O)c1cccc(C(F)(F)F)c1. The Morgan fingerprint density at radius 3 is 2.55 bits per heavy atom. The number of hydrogen-bond donors (Lipinski definition) is 1. The molecule has 1 saturated heterocycles. The van der Waals surface area contributed by atoms with Gasteiger partial charge in [0.1, 0.15) is 16.9 Å². The van der Waals surface area contributed by atoms with Crippen molar-refractivity contribution in [3.8, 4) is 10.6 Å². The van der Waals surface area contributed by atoms with Crippen molar-refractivity contribution in [3.63, 3.8) is 0 Å². The molecule has 1 atom stereocenters. The molecule has 1 aliphatic heterocycles. The normalized spacial score (nSPS) is 17.3. The van der Waals surface area contributed by atoms with Crippen LogP contribution < -0.4 is 5.32 Å². The monoisotopic (exact) mass is 500 g/mol. The summed E-state index contributed by atoms with van der Waals surface area (Å²) in [6, 6.07) is 7.82. The van der Waals surface area contributed by atoms with Crippen LogP contribution >= 0.6 is 11.3 Å². The van der Waals surface area contributed by atoms with Gasteiger partial charge in [-0.15, -0.1) is 10.2 Å². The lowest BCUT2D eigenvalue weighted by Crippen LogP contribution is -2.43. The molecular formula is C20H16F4N4O3S2. The maximum Gasteiger partial charge on any atom is 0.416 e. The van der Waals surface area contributed by atoms with E-state index in [-0.39, 0.29) is 18.1 Å². The molecule has 33 heavy (non-hydrogen) atoms. The molecule has 0 aliphatic carbocycles. The van der Waals surface area contributed by atoms with Gasteiger partial charge in [0.25, 0.3) is 0 Å². The predicted molar refractivity (Wildman–Crippen MR) is 112 cm³/mol. The van der Waals surface area contributed by atoms with Gasteiger partial charge in [-0.05, 0) is 55.3 Å². The second-order valence-electron chi connectivity index (χ2n) is 7.21. The van der Waals surface area contributed by atoms with Crippen LogP contribution in [0.25, 0.3) is 10.6 Å². The second kappa shape index (κ2) is 8.80.